The van der Waals surface area contributed by atoms with Crippen LogP contribution in [0.5, 0.6) is 5.88 Å². The molecule has 0 spiro atoms. The van der Waals surface area contributed by atoms with Crippen molar-refractivity contribution in [2.24, 2.45) is 0 Å². The molecule has 0 radical (unpaired) electrons. The number of nitrogens with zero attached hydrogens (tertiary/aromatic N) is 1. The second-order valence-corrected chi connectivity index (χ2v) is 3.79. The minimum absolute atomic E-state index is 0.0208. The summed E-state index contributed by atoms with van der Waals surface area (Å²) < 4.78 is 45.8. The molecule has 112 valence electrons. The molecule has 1 amide bonds. The third-order valence-electron chi connectivity index (χ3n) is 2.14. The molecule has 0 atom stereocenters. The van der Waals surface area contributed by atoms with Gasteiger partial charge in [-0.2, -0.15) is 13.2 Å². The van der Waals surface area contributed by atoms with Gasteiger partial charge in [-0.05, 0) is 13.0 Å². The Balaban J connectivity index is 2.55. The molecule has 1 N–H and O–H groups in total. The van der Waals surface area contributed by atoms with Crippen molar-refractivity contribution in [3.8, 4) is 5.88 Å². The van der Waals surface area contributed by atoms with Crippen LogP contribution in [0, 0.1) is 0 Å². The molecule has 8 heteroatoms. The molecular weight excluding hydrogens is 277 g/mol. The Labute approximate surface area is 114 Å². The lowest BCUT2D eigenvalue weighted by Gasteiger charge is -2.12. The van der Waals surface area contributed by atoms with Crippen LogP contribution in [0.15, 0.2) is 18.3 Å². The number of amides is 1. The molecule has 1 rings (SSSR count). The van der Waals surface area contributed by atoms with Gasteiger partial charge in [-0.3, -0.25) is 4.79 Å². The number of hydrogen-bond acceptors (Lipinski definition) is 4. The summed E-state index contributed by atoms with van der Waals surface area (Å²) in [5.41, 5.74) is 0.363. The van der Waals surface area contributed by atoms with E-state index in [-0.39, 0.29) is 24.9 Å². The van der Waals surface area contributed by atoms with Gasteiger partial charge in [0.05, 0.1) is 0 Å². The summed E-state index contributed by atoms with van der Waals surface area (Å²) in [6.45, 7) is 0.643. The number of aromatic nitrogens is 1. The van der Waals surface area contributed by atoms with E-state index in [9.17, 15) is 18.0 Å². The first-order valence-corrected chi connectivity index (χ1v) is 5.90. The number of halogens is 3. The molecule has 0 fully saturated rings. The van der Waals surface area contributed by atoms with Crippen molar-refractivity contribution >= 4 is 5.91 Å². The Bertz CT molecular complexity index is 438. The van der Waals surface area contributed by atoms with Gasteiger partial charge in [0.1, 0.15) is 6.61 Å². The second kappa shape index (κ2) is 7.68. The monoisotopic (exact) mass is 292 g/mol. The van der Waals surface area contributed by atoms with Gasteiger partial charge in [0.15, 0.2) is 6.61 Å². The molecule has 0 aliphatic heterocycles. The van der Waals surface area contributed by atoms with Crippen LogP contribution in [0.3, 0.4) is 0 Å². The van der Waals surface area contributed by atoms with Crippen LogP contribution in [0.25, 0.3) is 0 Å². The molecule has 5 nitrogen and oxygen atoms in total. The summed E-state index contributed by atoms with van der Waals surface area (Å²) in [6, 6.07) is 3.07. The van der Waals surface area contributed by atoms with Gasteiger partial charge in [0.2, 0.25) is 11.8 Å². The van der Waals surface area contributed by atoms with Crippen molar-refractivity contribution in [3.63, 3.8) is 0 Å². The summed E-state index contributed by atoms with van der Waals surface area (Å²) in [5.74, 6) is -0.515. The molecule has 0 saturated carbocycles. The average molecular weight is 292 g/mol. The van der Waals surface area contributed by atoms with Crippen LogP contribution in [0.1, 0.15) is 12.5 Å². The van der Waals surface area contributed by atoms with E-state index < -0.39 is 12.8 Å². The lowest BCUT2D eigenvalue weighted by Crippen LogP contribution is -2.27. The van der Waals surface area contributed by atoms with E-state index in [1.807, 2.05) is 0 Å². The van der Waals surface area contributed by atoms with Crippen LogP contribution in [-0.2, 0) is 16.1 Å². The van der Waals surface area contributed by atoms with Gasteiger partial charge in [0, 0.05) is 24.9 Å². The SMILES string of the molecule is CCOCC(=O)NCc1cccnc1OCC(F)(F)F. The smallest absolute Gasteiger partial charge is 0.422 e. The van der Waals surface area contributed by atoms with E-state index in [0.29, 0.717) is 12.2 Å². The minimum Gasteiger partial charge on any atom is -0.468 e. The third kappa shape index (κ3) is 6.37. The van der Waals surface area contributed by atoms with Crippen LogP contribution >= 0.6 is 0 Å². The molecule has 1 heterocycles. The summed E-state index contributed by atoms with van der Waals surface area (Å²) in [5, 5.41) is 2.51. The molecular formula is C12H15F3N2O3. The largest absolute Gasteiger partial charge is 0.468 e. The van der Waals surface area contributed by atoms with Gasteiger partial charge in [-0.1, -0.05) is 6.07 Å². The highest BCUT2D eigenvalue weighted by Gasteiger charge is 2.29. The first-order chi connectivity index (χ1) is 9.42. The van der Waals surface area contributed by atoms with Gasteiger partial charge >= 0.3 is 6.18 Å². The molecule has 0 aliphatic carbocycles. The predicted octanol–water partition coefficient (Wildman–Crippen LogP) is 1.68. The predicted molar refractivity (Wildman–Crippen MR) is 64.1 cm³/mol. The normalized spacial score (nSPS) is 11.2. The number of hydrogen-bond donors (Lipinski definition) is 1. The van der Waals surface area contributed by atoms with Crippen molar-refractivity contribution < 1.29 is 27.4 Å². The molecule has 20 heavy (non-hydrogen) atoms. The van der Waals surface area contributed by atoms with E-state index in [4.69, 9.17) is 4.74 Å². The van der Waals surface area contributed by atoms with Crippen LogP contribution in [0.2, 0.25) is 0 Å². The van der Waals surface area contributed by atoms with E-state index in [1.165, 1.54) is 12.3 Å². The molecule has 0 bridgehead atoms. The van der Waals surface area contributed by atoms with Crippen molar-refractivity contribution in [2.45, 2.75) is 19.6 Å². The zero-order chi connectivity index (χ0) is 15.0. The van der Waals surface area contributed by atoms with Crippen molar-refractivity contribution in [1.29, 1.82) is 0 Å². The number of ether oxygens (including phenoxy) is 2. The lowest BCUT2D eigenvalue weighted by atomic mass is 10.2. The minimum atomic E-state index is -4.44. The highest BCUT2D eigenvalue weighted by molar-refractivity contribution is 5.77. The van der Waals surface area contributed by atoms with Crippen molar-refractivity contribution in [2.75, 3.05) is 19.8 Å². The van der Waals surface area contributed by atoms with Gasteiger partial charge in [-0.25, -0.2) is 4.98 Å². The van der Waals surface area contributed by atoms with Crippen LogP contribution < -0.4 is 10.1 Å². The second-order valence-electron chi connectivity index (χ2n) is 3.79. The fraction of sp³-hybridized carbons (Fsp3) is 0.500. The molecule has 0 unspecified atom stereocenters. The average Bonchev–Trinajstić information content (AvgIpc) is 2.40. The quantitative estimate of drug-likeness (QED) is 0.830. The molecule has 0 aliphatic rings. The maximum atomic E-state index is 12.1. The summed E-state index contributed by atoms with van der Waals surface area (Å²) in [6.07, 6.45) is -3.12. The topological polar surface area (TPSA) is 60.5 Å². The lowest BCUT2D eigenvalue weighted by molar-refractivity contribution is -0.154. The number of rotatable bonds is 7. The molecule has 0 aromatic carbocycles. The van der Waals surface area contributed by atoms with Gasteiger partial charge in [0.25, 0.3) is 0 Å². The number of carbonyl (C=O) groups excluding carboxylic acids is 1. The van der Waals surface area contributed by atoms with Crippen molar-refractivity contribution in [1.82, 2.24) is 10.3 Å². The molecule has 0 saturated heterocycles. The van der Waals surface area contributed by atoms with Crippen LogP contribution in [0.4, 0.5) is 13.2 Å². The van der Waals surface area contributed by atoms with Gasteiger partial charge in [-0.15, -0.1) is 0 Å². The van der Waals surface area contributed by atoms with Gasteiger partial charge < -0.3 is 14.8 Å². The first kappa shape index (κ1) is 16.2. The van der Waals surface area contributed by atoms with E-state index >= 15 is 0 Å². The fourth-order valence-corrected chi connectivity index (χ4v) is 1.28. The zero-order valence-electron chi connectivity index (χ0n) is 10.9. The van der Waals surface area contributed by atoms with E-state index in [0.717, 1.165) is 0 Å². The fourth-order valence-electron chi connectivity index (χ4n) is 1.28. The summed E-state index contributed by atoms with van der Waals surface area (Å²) in [7, 11) is 0. The molecule has 1 aromatic heterocycles. The van der Waals surface area contributed by atoms with Crippen LogP contribution in [-0.4, -0.2) is 36.9 Å². The van der Waals surface area contributed by atoms with E-state index in [1.54, 1.807) is 13.0 Å². The number of nitrogens with one attached hydrogen (secondary N) is 1. The highest BCUT2D eigenvalue weighted by Crippen LogP contribution is 2.19. The first-order valence-electron chi connectivity index (χ1n) is 5.90. The third-order valence-corrected chi connectivity index (χ3v) is 2.14. The summed E-state index contributed by atoms with van der Waals surface area (Å²) >= 11 is 0. The highest BCUT2D eigenvalue weighted by atomic mass is 19.4. The zero-order valence-corrected chi connectivity index (χ0v) is 10.9. The summed E-state index contributed by atoms with van der Waals surface area (Å²) in [4.78, 5) is 15.0. The Morgan fingerprint density at radius 3 is 2.85 bits per heavy atom. The van der Waals surface area contributed by atoms with Crippen molar-refractivity contribution in [3.05, 3.63) is 23.9 Å². The standard InChI is InChI=1S/C12H15F3N2O3/c1-2-19-7-10(18)17-6-9-4-3-5-16-11(9)20-8-12(13,14)15/h3-5H,2,6-8H2,1H3,(H,17,18). The number of pyridine rings is 1. The molecule has 1 aromatic rings. The maximum absolute atomic E-state index is 12.1. The van der Waals surface area contributed by atoms with E-state index in [2.05, 4.69) is 15.0 Å². The number of alkyl halides is 3. The number of carbonyl (C=O) groups is 1. The Hall–Kier alpha value is -1.83. The Morgan fingerprint density at radius 1 is 1.45 bits per heavy atom. The Kier molecular flexibility index (Phi) is 6.23. The Morgan fingerprint density at radius 2 is 2.20 bits per heavy atom. The maximum Gasteiger partial charge on any atom is 0.422 e.